The monoisotopic (exact) mass is 266 g/mol. The first kappa shape index (κ1) is 13.7. The number of benzene rings is 2. The van der Waals surface area contributed by atoms with Crippen LogP contribution < -0.4 is 0 Å². The van der Waals surface area contributed by atoms with Gasteiger partial charge in [0.05, 0.1) is 5.56 Å². The maximum absolute atomic E-state index is 12.3. The first-order chi connectivity index (χ1) is 9.63. The van der Waals surface area contributed by atoms with Crippen LogP contribution in [0.2, 0.25) is 0 Å². The molecule has 3 nitrogen and oxygen atoms in total. The molecule has 0 radical (unpaired) electrons. The molecule has 0 aliphatic heterocycles. The van der Waals surface area contributed by atoms with E-state index in [1.54, 1.807) is 42.5 Å². The largest absolute Gasteiger partial charge is 0.478 e. The highest BCUT2D eigenvalue weighted by Gasteiger charge is 2.14. The van der Waals surface area contributed by atoms with Gasteiger partial charge in [0.2, 0.25) is 0 Å². The van der Waals surface area contributed by atoms with Crippen LogP contribution in [0.3, 0.4) is 0 Å². The van der Waals surface area contributed by atoms with Crippen molar-refractivity contribution >= 4 is 11.8 Å². The smallest absolute Gasteiger partial charge is 0.335 e. The van der Waals surface area contributed by atoms with Crippen LogP contribution >= 0.6 is 0 Å². The van der Waals surface area contributed by atoms with Gasteiger partial charge in [0.15, 0.2) is 5.78 Å². The van der Waals surface area contributed by atoms with Gasteiger partial charge >= 0.3 is 5.97 Å². The molecule has 0 atom stereocenters. The molecule has 2 aromatic carbocycles. The van der Waals surface area contributed by atoms with Gasteiger partial charge in [-0.2, -0.15) is 0 Å². The number of ketones is 1. The Kier molecular flexibility index (Phi) is 4.11. The Morgan fingerprint density at radius 3 is 2.35 bits per heavy atom. The van der Waals surface area contributed by atoms with E-state index in [2.05, 4.69) is 6.58 Å². The average Bonchev–Trinajstić information content (AvgIpc) is 2.47. The van der Waals surface area contributed by atoms with Crippen molar-refractivity contribution in [1.82, 2.24) is 0 Å². The van der Waals surface area contributed by atoms with Gasteiger partial charge in [0.1, 0.15) is 0 Å². The summed E-state index contributed by atoms with van der Waals surface area (Å²) in [5.41, 5.74) is 1.86. The standard InChI is InChI=1S/C17H14O3/c1-2-6-13-11-14(9-10-15(13)17(19)20)16(18)12-7-4-3-5-8-12/h2-5,7-11H,1,6H2,(H,19,20). The zero-order valence-corrected chi connectivity index (χ0v) is 10.9. The molecule has 0 saturated heterocycles. The number of carbonyl (C=O) groups is 2. The molecule has 20 heavy (non-hydrogen) atoms. The molecule has 2 rings (SSSR count). The summed E-state index contributed by atoms with van der Waals surface area (Å²) in [7, 11) is 0. The lowest BCUT2D eigenvalue weighted by Crippen LogP contribution is -2.06. The molecular weight excluding hydrogens is 252 g/mol. The van der Waals surface area contributed by atoms with Crippen LogP contribution in [0.1, 0.15) is 31.8 Å². The van der Waals surface area contributed by atoms with Crippen LogP contribution in [0, 0.1) is 0 Å². The lowest BCUT2D eigenvalue weighted by atomic mass is 9.96. The maximum atomic E-state index is 12.3. The highest BCUT2D eigenvalue weighted by Crippen LogP contribution is 2.17. The number of hydrogen-bond acceptors (Lipinski definition) is 2. The topological polar surface area (TPSA) is 54.4 Å². The molecule has 0 fully saturated rings. The normalized spacial score (nSPS) is 10.0. The summed E-state index contributed by atoms with van der Waals surface area (Å²) in [5, 5.41) is 9.12. The summed E-state index contributed by atoms with van der Waals surface area (Å²) in [6, 6.07) is 13.5. The molecule has 0 spiro atoms. The number of carbonyl (C=O) groups excluding carboxylic acids is 1. The fraction of sp³-hybridized carbons (Fsp3) is 0.0588. The molecule has 3 heteroatoms. The zero-order valence-electron chi connectivity index (χ0n) is 10.9. The van der Waals surface area contributed by atoms with Crippen molar-refractivity contribution < 1.29 is 14.7 Å². The lowest BCUT2D eigenvalue weighted by molar-refractivity contribution is 0.0695. The van der Waals surface area contributed by atoms with E-state index in [0.717, 1.165) is 0 Å². The van der Waals surface area contributed by atoms with Crippen molar-refractivity contribution in [3.8, 4) is 0 Å². The number of hydrogen-bond donors (Lipinski definition) is 1. The second-order valence-electron chi connectivity index (χ2n) is 4.37. The molecule has 0 saturated carbocycles. The molecule has 0 amide bonds. The van der Waals surface area contributed by atoms with E-state index in [0.29, 0.717) is 23.1 Å². The minimum Gasteiger partial charge on any atom is -0.478 e. The number of allylic oxidation sites excluding steroid dienone is 1. The molecule has 0 unspecified atom stereocenters. The highest BCUT2D eigenvalue weighted by molar-refractivity contribution is 6.09. The molecule has 0 aliphatic carbocycles. The van der Waals surface area contributed by atoms with E-state index in [1.807, 2.05) is 6.07 Å². The van der Waals surface area contributed by atoms with Crippen LogP contribution in [-0.2, 0) is 6.42 Å². The molecule has 0 aromatic heterocycles. The van der Waals surface area contributed by atoms with E-state index >= 15 is 0 Å². The van der Waals surface area contributed by atoms with E-state index in [1.165, 1.54) is 6.07 Å². The molecule has 100 valence electrons. The minimum absolute atomic E-state index is 0.118. The van der Waals surface area contributed by atoms with Gasteiger partial charge in [-0.15, -0.1) is 6.58 Å². The van der Waals surface area contributed by atoms with Gasteiger partial charge in [0.25, 0.3) is 0 Å². The predicted octanol–water partition coefficient (Wildman–Crippen LogP) is 3.34. The van der Waals surface area contributed by atoms with Crippen LogP contribution in [0.15, 0.2) is 61.2 Å². The molecule has 0 bridgehead atoms. The van der Waals surface area contributed by atoms with Crippen molar-refractivity contribution in [2.24, 2.45) is 0 Å². The van der Waals surface area contributed by atoms with Crippen molar-refractivity contribution in [2.75, 3.05) is 0 Å². The van der Waals surface area contributed by atoms with Crippen molar-refractivity contribution in [1.29, 1.82) is 0 Å². The fourth-order valence-electron chi connectivity index (χ4n) is 2.02. The predicted molar refractivity (Wildman–Crippen MR) is 77.2 cm³/mol. The molecule has 1 N–H and O–H groups in total. The summed E-state index contributed by atoms with van der Waals surface area (Å²) in [6.07, 6.45) is 2.04. The Bertz CT molecular complexity index is 657. The van der Waals surface area contributed by atoms with Crippen molar-refractivity contribution in [3.63, 3.8) is 0 Å². The number of carboxylic acid groups (broad SMARTS) is 1. The Morgan fingerprint density at radius 2 is 1.75 bits per heavy atom. The minimum atomic E-state index is -0.999. The Labute approximate surface area is 117 Å². The van der Waals surface area contributed by atoms with Crippen LogP contribution in [0.4, 0.5) is 0 Å². The first-order valence-electron chi connectivity index (χ1n) is 6.20. The van der Waals surface area contributed by atoms with Gasteiger partial charge in [0, 0.05) is 11.1 Å². The van der Waals surface area contributed by atoms with Gasteiger partial charge in [-0.3, -0.25) is 4.79 Å². The van der Waals surface area contributed by atoms with Crippen molar-refractivity contribution in [2.45, 2.75) is 6.42 Å². The quantitative estimate of drug-likeness (QED) is 0.667. The van der Waals surface area contributed by atoms with E-state index in [9.17, 15) is 9.59 Å². The summed E-state index contributed by atoms with van der Waals surface area (Å²) in [4.78, 5) is 23.4. The van der Waals surface area contributed by atoms with Crippen LogP contribution in [0.25, 0.3) is 0 Å². The van der Waals surface area contributed by atoms with E-state index in [4.69, 9.17) is 5.11 Å². The average molecular weight is 266 g/mol. The van der Waals surface area contributed by atoms with Crippen LogP contribution in [-0.4, -0.2) is 16.9 Å². The Balaban J connectivity index is 2.43. The SMILES string of the molecule is C=CCc1cc(C(=O)c2ccccc2)ccc1C(=O)O. The third-order valence-electron chi connectivity index (χ3n) is 3.00. The van der Waals surface area contributed by atoms with E-state index in [-0.39, 0.29) is 11.3 Å². The van der Waals surface area contributed by atoms with Gasteiger partial charge in [-0.1, -0.05) is 42.5 Å². The molecule has 2 aromatic rings. The summed E-state index contributed by atoms with van der Waals surface area (Å²) in [6.45, 7) is 3.61. The number of aromatic carboxylic acids is 1. The fourth-order valence-corrected chi connectivity index (χ4v) is 2.02. The number of rotatable bonds is 5. The second-order valence-corrected chi connectivity index (χ2v) is 4.37. The third kappa shape index (κ3) is 2.83. The summed E-state index contributed by atoms with van der Waals surface area (Å²) >= 11 is 0. The molecule has 0 aliphatic rings. The zero-order chi connectivity index (χ0) is 14.5. The van der Waals surface area contributed by atoms with Crippen LogP contribution in [0.5, 0.6) is 0 Å². The van der Waals surface area contributed by atoms with Gasteiger partial charge in [-0.05, 0) is 24.1 Å². The first-order valence-corrected chi connectivity index (χ1v) is 6.20. The Hall–Kier alpha value is -2.68. The molecular formula is C17H14O3. The number of carboxylic acids is 1. The summed E-state index contributed by atoms with van der Waals surface area (Å²) < 4.78 is 0. The van der Waals surface area contributed by atoms with Crippen molar-refractivity contribution in [3.05, 3.63) is 83.4 Å². The van der Waals surface area contributed by atoms with Gasteiger partial charge < -0.3 is 5.11 Å². The summed E-state index contributed by atoms with van der Waals surface area (Å²) in [5.74, 6) is -1.12. The molecule has 0 heterocycles. The third-order valence-corrected chi connectivity index (χ3v) is 3.00. The second kappa shape index (κ2) is 5.97. The maximum Gasteiger partial charge on any atom is 0.335 e. The van der Waals surface area contributed by atoms with E-state index < -0.39 is 5.97 Å². The van der Waals surface area contributed by atoms with Gasteiger partial charge in [-0.25, -0.2) is 4.79 Å². The highest BCUT2D eigenvalue weighted by atomic mass is 16.4. The lowest BCUT2D eigenvalue weighted by Gasteiger charge is -2.07. The Morgan fingerprint density at radius 1 is 1.05 bits per heavy atom.